The summed E-state index contributed by atoms with van der Waals surface area (Å²) in [4.78, 5) is 12.4. The van der Waals surface area contributed by atoms with Crippen LogP contribution in [-0.2, 0) is 14.8 Å². The molecule has 152 valence electrons. The van der Waals surface area contributed by atoms with Gasteiger partial charge in [-0.3, -0.25) is 4.79 Å². The van der Waals surface area contributed by atoms with Crippen molar-refractivity contribution in [2.24, 2.45) is 0 Å². The maximum Gasteiger partial charge on any atom is 0.262 e. The molecule has 0 aliphatic carbocycles. The van der Waals surface area contributed by atoms with E-state index >= 15 is 0 Å². The van der Waals surface area contributed by atoms with E-state index in [1.165, 1.54) is 12.1 Å². The van der Waals surface area contributed by atoms with Gasteiger partial charge in [0, 0.05) is 12.2 Å². The Labute approximate surface area is 167 Å². The number of ether oxygens (including phenoxy) is 1. The number of hydrogen-bond donors (Lipinski definition) is 2. The van der Waals surface area contributed by atoms with E-state index in [0.717, 1.165) is 35.2 Å². The molecule has 0 heterocycles. The molecule has 0 saturated carbocycles. The first-order valence-corrected chi connectivity index (χ1v) is 10.8. The molecule has 2 aromatic rings. The number of carbonyl (C=O) groups excluding carboxylic acids is 1. The van der Waals surface area contributed by atoms with Gasteiger partial charge < -0.3 is 10.1 Å². The first kappa shape index (κ1) is 21.9. The molecule has 0 aliphatic heterocycles. The minimum atomic E-state index is -3.52. The van der Waals surface area contributed by atoms with Gasteiger partial charge in [-0.1, -0.05) is 31.0 Å². The van der Waals surface area contributed by atoms with Gasteiger partial charge >= 0.3 is 0 Å². The van der Waals surface area contributed by atoms with Crippen molar-refractivity contribution in [3.05, 3.63) is 53.1 Å². The van der Waals surface area contributed by atoms with Crippen molar-refractivity contribution in [1.82, 2.24) is 4.72 Å². The molecule has 6 nitrogen and oxygen atoms in total. The molecule has 0 unspecified atom stereocenters. The standard InChI is InChI=1S/C21H28N2O4S/c1-5-6-11-22-28(25,26)19-9-7-18(8-10-19)27-14-20(24)23-21-16(3)12-15(2)13-17(21)4/h7-10,12-13,22H,5-6,11,14H2,1-4H3,(H,23,24). The summed E-state index contributed by atoms with van der Waals surface area (Å²) in [5.41, 5.74) is 3.93. The van der Waals surface area contributed by atoms with E-state index in [4.69, 9.17) is 4.74 Å². The van der Waals surface area contributed by atoms with Gasteiger partial charge in [0.1, 0.15) is 5.75 Å². The lowest BCUT2D eigenvalue weighted by Gasteiger charge is -2.13. The molecular formula is C21H28N2O4S. The minimum absolute atomic E-state index is 0.159. The number of carbonyl (C=O) groups is 1. The molecule has 0 radical (unpaired) electrons. The summed E-state index contributed by atoms with van der Waals surface area (Å²) in [6, 6.07) is 10.0. The lowest BCUT2D eigenvalue weighted by Crippen LogP contribution is -2.24. The SMILES string of the molecule is CCCCNS(=O)(=O)c1ccc(OCC(=O)Nc2c(C)cc(C)cc2C)cc1. The van der Waals surface area contributed by atoms with Gasteiger partial charge in [0.05, 0.1) is 4.90 Å². The van der Waals surface area contributed by atoms with Gasteiger partial charge in [-0.25, -0.2) is 13.1 Å². The number of unbranched alkanes of at least 4 members (excludes halogenated alkanes) is 1. The Morgan fingerprint density at radius 1 is 1.04 bits per heavy atom. The average Bonchev–Trinajstić information content (AvgIpc) is 2.63. The number of anilines is 1. The Balaban J connectivity index is 1.94. The van der Waals surface area contributed by atoms with Gasteiger partial charge in [0.2, 0.25) is 10.0 Å². The third-order valence-electron chi connectivity index (χ3n) is 4.27. The van der Waals surface area contributed by atoms with Crippen LogP contribution in [0.5, 0.6) is 5.75 Å². The highest BCUT2D eigenvalue weighted by Gasteiger charge is 2.13. The quantitative estimate of drug-likeness (QED) is 0.624. The molecule has 28 heavy (non-hydrogen) atoms. The van der Waals surface area contributed by atoms with Crippen LogP contribution in [-0.4, -0.2) is 27.5 Å². The summed E-state index contributed by atoms with van der Waals surface area (Å²) in [7, 11) is -3.52. The smallest absolute Gasteiger partial charge is 0.262 e. The zero-order chi connectivity index (χ0) is 20.7. The zero-order valence-electron chi connectivity index (χ0n) is 16.8. The molecule has 0 aromatic heterocycles. The molecule has 0 saturated heterocycles. The molecule has 0 bridgehead atoms. The molecule has 0 fully saturated rings. The first-order valence-electron chi connectivity index (χ1n) is 9.33. The molecule has 2 rings (SSSR count). The van der Waals surface area contributed by atoms with Crippen molar-refractivity contribution < 1.29 is 17.9 Å². The number of sulfonamides is 1. The lowest BCUT2D eigenvalue weighted by molar-refractivity contribution is -0.118. The fraction of sp³-hybridized carbons (Fsp3) is 0.381. The Morgan fingerprint density at radius 2 is 1.64 bits per heavy atom. The van der Waals surface area contributed by atoms with Gasteiger partial charge in [-0.15, -0.1) is 0 Å². The van der Waals surface area contributed by atoms with Crippen molar-refractivity contribution in [2.75, 3.05) is 18.5 Å². The van der Waals surface area contributed by atoms with Crippen LogP contribution < -0.4 is 14.8 Å². The van der Waals surface area contributed by atoms with Gasteiger partial charge in [-0.05, 0) is 62.6 Å². The van der Waals surface area contributed by atoms with Crippen LogP contribution in [0.1, 0.15) is 36.5 Å². The number of hydrogen-bond acceptors (Lipinski definition) is 4. The highest BCUT2D eigenvalue weighted by Crippen LogP contribution is 2.22. The van der Waals surface area contributed by atoms with E-state index in [1.807, 2.05) is 39.8 Å². The molecule has 2 N–H and O–H groups in total. The molecule has 0 aliphatic rings. The summed E-state index contributed by atoms with van der Waals surface area (Å²) in [5, 5.41) is 2.87. The molecule has 0 spiro atoms. The number of aryl methyl sites for hydroxylation is 3. The van der Waals surface area contributed by atoms with Crippen LogP contribution in [0.3, 0.4) is 0 Å². The second kappa shape index (κ2) is 9.71. The summed E-state index contributed by atoms with van der Waals surface area (Å²) in [5.74, 6) is 0.160. The zero-order valence-corrected chi connectivity index (χ0v) is 17.7. The number of benzene rings is 2. The highest BCUT2D eigenvalue weighted by molar-refractivity contribution is 7.89. The van der Waals surface area contributed by atoms with Crippen LogP contribution >= 0.6 is 0 Å². The van der Waals surface area contributed by atoms with E-state index in [-0.39, 0.29) is 17.4 Å². The molecule has 0 atom stereocenters. The third-order valence-corrected chi connectivity index (χ3v) is 5.74. The Morgan fingerprint density at radius 3 is 2.21 bits per heavy atom. The van der Waals surface area contributed by atoms with Crippen molar-refractivity contribution >= 4 is 21.6 Å². The van der Waals surface area contributed by atoms with Gasteiger partial charge in [0.25, 0.3) is 5.91 Å². The third kappa shape index (κ3) is 6.07. The maximum atomic E-state index is 12.2. The monoisotopic (exact) mass is 404 g/mol. The topological polar surface area (TPSA) is 84.5 Å². The highest BCUT2D eigenvalue weighted by atomic mass is 32.2. The molecule has 7 heteroatoms. The summed E-state index contributed by atoms with van der Waals surface area (Å²) in [6.07, 6.45) is 1.70. The van der Waals surface area contributed by atoms with Crippen molar-refractivity contribution in [2.45, 2.75) is 45.4 Å². The van der Waals surface area contributed by atoms with Crippen LogP contribution in [0.4, 0.5) is 5.69 Å². The van der Waals surface area contributed by atoms with Gasteiger partial charge in [0.15, 0.2) is 6.61 Å². The predicted molar refractivity (Wildman–Crippen MR) is 111 cm³/mol. The lowest BCUT2D eigenvalue weighted by atomic mass is 10.1. The minimum Gasteiger partial charge on any atom is -0.484 e. The van der Waals surface area contributed by atoms with E-state index in [2.05, 4.69) is 10.0 Å². The maximum absolute atomic E-state index is 12.2. The fourth-order valence-electron chi connectivity index (χ4n) is 2.88. The number of nitrogens with one attached hydrogen (secondary N) is 2. The summed E-state index contributed by atoms with van der Waals surface area (Å²) < 4.78 is 32.4. The van der Waals surface area contributed by atoms with Crippen molar-refractivity contribution in [3.63, 3.8) is 0 Å². The normalized spacial score (nSPS) is 11.3. The first-order chi connectivity index (χ1) is 13.2. The molecular weight excluding hydrogens is 376 g/mol. The summed E-state index contributed by atoms with van der Waals surface area (Å²) in [6.45, 7) is 8.16. The van der Waals surface area contributed by atoms with E-state index in [0.29, 0.717) is 12.3 Å². The second-order valence-corrected chi connectivity index (χ2v) is 8.60. The van der Waals surface area contributed by atoms with Crippen molar-refractivity contribution in [1.29, 1.82) is 0 Å². The van der Waals surface area contributed by atoms with Crippen molar-refractivity contribution in [3.8, 4) is 5.75 Å². The van der Waals surface area contributed by atoms with E-state index in [1.54, 1.807) is 12.1 Å². The van der Waals surface area contributed by atoms with Gasteiger partial charge in [-0.2, -0.15) is 0 Å². The Bertz CT molecular complexity index is 899. The number of amides is 1. The fourth-order valence-corrected chi connectivity index (χ4v) is 3.96. The number of rotatable bonds is 9. The average molecular weight is 405 g/mol. The molecule has 1 amide bonds. The summed E-state index contributed by atoms with van der Waals surface area (Å²) >= 11 is 0. The van der Waals surface area contributed by atoms with E-state index < -0.39 is 10.0 Å². The predicted octanol–water partition coefficient (Wildman–Crippen LogP) is 3.71. The largest absolute Gasteiger partial charge is 0.484 e. The van der Waals surface area contributed by atoms with Crippen LogP contribution in [0, 0.1) is 20.8 Å². The molecule has 2 aromatic carbocycles. The van der Waals surface area contributed by atoms with Crippen LogP contribution in [0.15, 0.2) is 41.3 Å². The van der Waals surface area contributed by atoms with Crippen LogP contribution in [0.2, 0.25) is 0 Å². The van der Waals surface area contributed by atoms with E-state index in [9.17, 15) is 13.2 Å². The van der Waals surface area contributed by atoms with Crippen LogP contribution in [0.25, 0.3) is 0 Å². The second-order valence-electron chi connectivity index (χ2n) is 6.83. The Hall–Kier alpha value is -2.38. The Kier molecular flexibility index (Phi) is 7.60.